The summed E-state index contributed by atoms with van der Waals surface area (Å²) < 4.78 is 4.40. The summed E-state index contributed by atoms with van der Waals surface area (Å²) in [5, 5.41) is 4.47. The summed E-state index contributed by atoms with van der Waals surface area (Å²) in [5.41, 5.74) is 0. The molecule has 1 aromatic heterocycles. The second kappa shape index (κ2) is 8.06. The Morgan fingerprint density at radius 1 is 1.24 bits per heavy atom. The molecule has 1 aliphatic rings. The molecule has 1 fully saturated rings. The first-order valence-electron chi connectivity index (χ1n) is 8.09. The van der Waals surface area contributed by atoms with Crippen LogP contribution in [0.5, 0.6) is 0 Å². The molecule has 2 heterocycles. The fraction of sp³-hybridized carbons (Fsp3) is 0.867. The maximum absolute atomic E-state index is 4.56. The molecule has 2 rings (SSSR count). The zero-order valence-electron chi connectivity index (χ0n) is 13.8. The Morgan fingerprint density at radius 2 is 1.95 bits per heavy atom. The van der Waals surface area contributed by atoms with Crippen LogP contribution in [0.3, 0.4) is 0 Å². The van der Waals surface area contributed by atoms with Gasteiger partial charge in [-0.1, -0.05) is 20.8 Å². The number of anilines is 1. The molecule has 1 saturated heterocycles. The van der Waals surface area contributed by atoms with Gasteiger partial charge in [0, 0.05) is 56.7 Å². The topological polar surface area (TPSA) is 44.3 Å². The minimum Gasteiger partial charge on any atom is -0.359 e. The molecule has 1 N–H and O–H groups in total. The lowest BCUT2D eigenvalue weighted by atomic mass is 10.0. The van der Waals surface area contributed by atoms with Gasteiger partial charge in [-0.15, -0.1) is 0 Å². The normalized spacial score (nSPS) is 19.1. The lowest BCUT2D eigenvalue weighted by Crippen LogP contribution is -2.52. The highest BCUT2D eigenvalue weighted by Gasteiger charge is 2.25. The van der Waals surface area contributed by atoms with Crippen molar-refractivity contribution in [1.82, 2.24) is 19.2 Å². The number of hydrogen-bond donors (Lipinski definition) is 1. The first kappa shape index (κ1) is 16.6. The Labute approximate surface area is 132 Å². The fourth-order valence-corrected chi connectivity index (χ4v) is 3.40. The van der Waals surface area contributed by atoms with Crippen molar-refractivity contribution in [2.75, 3.05) is 45.1 Å². The van der Waals surface area contributed by atoms with Crippen LogP contribution in [0.4, 0.5) is 5.13 Å². The van der Waals surface area contributed by atoms with Crippen LogP contribution < -0.4 is 5.32 Å². The third-order valence-corrected chi connectivity index (χ3v) is 4.89. The SMILES string of the molecule is CCCc1nsc(NCC(C(C)C)N2CCN(C)CC2)n1. The number of rotatable bonds is 7. The minimum atomic E-state index is 0.567. The van der Waals surface area contributed by atoms with Gasteiger partial charge in [0.1, 0.15) is 5.82 Å². The predicted molar refractivity (Wildman–Crippen MR) is 90.1 cm³/mol. The first-order chi connectivity index (χ1) is 10.1. The molecule has 0 aliphatic carbocycles. The Kier molecular flexibility index (Phi) is 6.39. The van der Waals surface area contributed by atoms with Crippen LogP contribution in [-0.4, -0.2) is 65.0 Å². The molecular weight excluding hydrogens is 282 g/mol. The number of piperazine rings is 1. The molecule has 0 radical (unpaired) electrons. The number of aryl methyl sites for hydroxylation is 1. The highest BCUT2D eigenvalue weighted by atomic mass is 32.1. The summed E-state index contributed by atoms with van der Waals surface area (Å²) in [4.78, 5) is 9.58. The highest BCUT2D eigenvalue weighted by Crippen LogP contribution is 2.17. The summed E-state index contributed by atoms with van der Waals surface area (Å²) >= 11 is 1.49. The lowest BCUT2D eigenvalue weighted by molar-refractivity contribution is 0.0944. The molecule has 1 atom stereocenters. The van der Waals surface area contributed by atoms with Gasteiger partial charge in [-0.25, -0.2) is 4.98 Å². The van der Waals surface area contributed by atoms with Gasteiger partial charge in [-0.2, -0.15) is 4.37 Å². The van der Waals surface area contributed by atoms with E-state index in [9.17, 15) is 0 Å². The number of nitrogens with one attached hydrogen (secondary N) is 1. The second-order valence-electron chi connectivity index (χ2n) is 6.30. The molecule has 0 aromatic carbocycles. The molecule has 6 heteroatoms. The van der Waals surface area contributed by atoms with Crippen molar-refractivity contribution in [2.45, 2.75) is 39.7 Å². The molecule has 21 heavy (non-hydrogen) atoms. The van der Waals surface area contributed by atoms with Crippen LogP contribution in [0.25, 0.3) is 0 Å². The zero-order valence-corrected chi connectivity index (χ0v) is 14.6. The van der Waals surface area contributed by atoms with E-state index < -0.39 is 0 Å². The Bertz CT molecular complexity index is 412. The van der Waals surface area contributed by atoms with Crippen molar-refractivity contribution >= 4 is 16.7 Å². The second-order valence-corrected chi connectivity index (χ2v) is 7.05. The largest absolute Gasteiger partial charge is 0.359 e. The minimum absolute atomic E-state index is 0.567. The molecule has 0 bridgehead atoms. The number of hydrogen-bond acceptors (Lipinski definition) is 6. The van der Waals surface area contributed by atoms with Gasteiger partial charge in [0.2, 0.25) is 5.13 Å². The van der Waals surface area contributed by atoms with Crippen molar-refractivity contribution in [3.05, 3.63) is 5.82 Å². The maximum atomic E-state index is 4.56. The van der Waals surface area contributed by atoms with Gasteiger partial charge in [0.05, 0.1) is 0 Å². The molecule has 1 aromatic rings. The van der Waals surface area contributed by atoms with E-state index in [1.165, 1.54) is 24.6 Å². The molecular formula is C15H29N5S. The first-order valence-corrected chi connectivity index (χ1v) is 8.86. The van der Waals surface area contributed by atoms with Crippen molar-refractivity contribution in [2.24, 2.45) is 5.92 Å². The fourth-order valence-electron chi connectivity index (χ4n) is 2.78. The summed E-state index contributed by atoms with van der Waals surface area (Å²) in [7, 11) is 2.20. The number of likely N-dealkylation sites (N-methyl/N-ethyl adjacent to an activating group) is 1. The Hall–Kier alpha value is -0.720. The van der Waals surface area contributed by atoms with Crippen molar-refractivity contribution in [1.29, 1.82) is 0 Å². The van der Waals surface area contributed by atoms with E-state index in [4.69, 9.17) is 0 Å². The van der Waals surface area contributed by atoms with Gasteiger partial charge in [0.25, 0.3) is 0 Å². The van der Waals surface area contributed by atoms with Crippen LogP contribution in [0.2, 0.25) is 0 Å². The van der Waals surface area contributed by atoms with E-state index in [0.717, 1.165) is 43.4 Å². The molecule has 1 aliphatic heterocycles. The van der Waals surface area contributed by atoms with Gasteiger partial charge in [0.15, 0.2) is 0 Å². The molecule has 0 saturated carbocycles. The number of aromatic nitrogens is 2. The van der Waals surface area contributed by atoms with Crippen molar-refractivity contribution in [3.8, 4) is 0 Å². The van der Waals surface area contributed by atoms with E-state index in [2.05, 4.69) is 52.3 Å². The zero-order chi connectivity index (χ0) is 15.2. The smallest absolute Gasteiger partial charge is 0.202 e. The van der Waals surface area contributed by atoms with Crippen LogP contribution >= 0.6 is 11.5 Å². The molecule has 0 amide bonds. The van der Waals surface area contributed by atoms with Gasteiger partial charge in [-0.3, -0.25) is 4.90 Å². The quantitative estimate of drug-likeness (QED) is 0.836. The van der Waals surface area contributed by atoms with Crippen LogP contribution in [0.1, 0.15) is 33.0 Å². The van der Waals surface area contributed by atoms with Crippen LogP contribution in [0.15, 0.2) is 0 Å². The molecule has 1 unspecified atom stereocenters. The van der Waals surface area contributed by atoms with E-state index >= 15 is 0 Å². The molecule has 120 valence electrons. The third kappa shape index (κ3) is 4.90. The Balaban J connectivity index is 1.87. The van der Waals surface area contributed by atoms with E-state index in [1.54, 1.807) is 0 Å². The van der Waals surface area contributed by atoms with E-state index in [-0.39, 0.29) is 0 Å². The van der Waals surface area contributed by atoms with Gasteiger partial charge >= 0.3 is 0 Å². The van der Waals surface area contributed by atoms with Crippen LogP contribution in [-0.2, 0) is 6.42 Å². The van der Waals surface area contributed by atoms with Crippen molar-refractivity contribution < 1.29 is 0 Å². The van der Waals surface area contributed by atoms with E-state index in [0.29, 0.717) is 12.0 Å². The number of nitrogens with zero attached hydrogens (tertiary/aromatic N) is 4. The Morgan fingerprint density at radius 3 is 2.57 bits per heavy atom. The summed E-state index contributed by atoms with van der Waals surface area (Å²) in [6, 6.07) is 0.567. The summed E-state index contributed by atoms with van der Waals surface area (Å²) in [5.74, 6) is 1.62. The van der Waals surface area contributed by atoms with Crippen molar-refractivity contribution in [3.63, 3.8) is 0 Å². The van der Waals surface area contributed by atoms with E-state index in [1.807, 2.05) is 0 Å². The molecule has 5 nitrogen and oxygen atoms in total. The average molecular weight is 311 g/mol. The van der Waals surface area contributed by atoms with Gasteiger partial charge < -0.3 is 10.2 Å². The monoisotopic (exact) mass is 311 g/mol. The average Bonchev–Trinajstić information content (AvgIpc) is 2.89. The standard InChI is InChI=1S/C15H29N5S/c1-5-6-14-17-15(21-18-14)16-11-13(12(2)3)20-9-7-19(4)8-10-20/h12-13H,5-11H2,1-4H3,(H,16,17,18). The summed E-state index contributed by atoms with van der Waals surface area (Å²) in [6.07, 6.45) is 2.08. The third-order valence-electron chi connectivity index (χ3n) is 4.18. The highest BCUT2D eigenvalue weighted by molar-refractivity contribution is 7.09. The van der Waals surface area contributed by atoms with Gasteiger partial charge in [-0.05, 0) is 19.4 Å². The summed E-state index contributed by atoms with van der Waals surface area (Å²) in [6.45, 7) is 12.4. The lowest BCUT2D eigenvalue weighted by Gasteiger charge is -2.39. The maximum Gasteiger partial charge on any atom is 0.202 e. The molecule has 0 spiro atoms. The predicted octanol–water partition coefficient (Wildman–Crippen LogP) is 2.17. The van der Waals surface area contributed by atoms with Crippen LogP contribution in [0, 0.1) is 5.92 Å².